The summed E-state index contributed by atoms with van der Waals surface area (Å²) in [7, 11) is 2.10. The molecule has 0 atom stereocenters. The third-order valence-electron chi connectivity index (χ3n) is 3.30. The molecule has 4 heteroatoms. The summed E-state index contributed by atoms with van der Waals surface area (Å²) >= 11 is 0. The van der Waals surface area contributed by atoms with Gasteiger partial charge in [-0.05, 0) is 45.5 Å². The van der Waals surface area contributed by atoms with E-state index in [-0.39, 0.29) is 0 Å². The Bertz CT molecular complexity index is 527. The number of hydrogen-bond acceptors (Lipinski definition) is 4. The summed E-state index contributed by atoms with van der Waals surface area (Å²) in [5.41, 5.74) is 3.42. The standard InChI is InChI=1S/C16H22N2O2/c1-5-19-15-8-6-14(7-9-15)10-18(4)11-16-12(2)17-20-13(16)3/h6-9H,5,10-11H2,1-4H3. The number of benzene rings is 1. The van der Waals surface area contributed by atoms with E-state index in [9.17, 15) is 0 Å². The van der Waals surface area contributed by atoms with Crippen LogP contribution in [0.2, 0.25) is 0 Å². The van der Waals surface area contributed by atoms with Crippen LogP contribution in [0.25, 0.3) is 0 Å². The minimum absolute atomic E-state index is 0.700. The summed E-state index contributed by atoms with van der Waals surface area (Å²) in [5.74, 6) is 1.82. The molecule has 20 heavy (non-hydrogen) atoms. The fourth-order valence-electron chi connectivity index (χ4n) is 2.22. The third kappa shape index (κ3) is 3.61. The summed E-state index contributed by atoms with van der Waals surface area (Å²) in [6, 6.07) is 8.24. The van der Waals surface area contributed by atoms with Crippen molar-refractivity contribution in [2.45, 2.75) is 33.9 Å². The average molecular weight is 274 g/mol. The zero-order chi connectivity index (χ0) is 14.5. The van der Waals surface area contributed by atoms with Crippen LogP contribution >= 0.6 is 0 Å². The van der Waals surface area contributed by atoms with Gasteiger partial charge in [-0.15, -0.1) is 0 Å². The van der Waals surface area contributed by atoms with Gasteiger partial charge in [-0.25, -0.2) is 0 Å². The molecule has 4 nitrogen and oxygen atoms in total. The molecule has 0 spiro atoms. The van der Waals surface area contributed by atoms with E-state index >= 15 is 0 Å². The predicted octanol–water partition coefficient (Wildman–Crippen LogP) is 3.32. The average Bonchev–Trinajstić information content (AvgIpc) is 2.73. The Hall–Kier alpha value is -1.81. The minimum atomic E-state index is 0.700. The highest BCUT2D eigenvalue weighted by atomic mass is 16.5. The van der Waals surface area contributed by atoms with Crippen molar-refractivity contribution < 1.29 is 9.26 Å². The number of rotatable bonds is 6. The zero-order valence-corrected chi connectivity index (χ0v) is 12.6. The van der Waals surface area contributed by atoms with Gasteiger partial charge in [0.1, 0.15) is 11.5 Å². The molecule has 0 amide bonds. The molecular formula is C16H22N2O2. The van der Waals surface area contributed by atoms with Crippen LogP contribution in [0.4, 0.5) is 0 Å². The van der Waals surface area contributed by atoms with Crippen molar-refractivity contribution in [3.63, 3.8) is 0 Å². The van der Waals surface area contributed by atoms with Crippen molar-refractivity contribution in [2.24, 2.45) is 0 Å². The lowest BCUT2D eigenvalue weighted by Crippen LogP contribution is -2.18. The van der Waals surface area contributed by atoms with E-state index in [1.165, 1.54) is 11.1 Å². The predicted molar refractivity (Wildman–Crippen MR) is 78.8 cm³/mol. The highest BCUT2D eigenvalue weighted by molar-refractivity contribution is 5.27. The normalized spacial score (nSPS) is 11.1. The first kappa shape index (κ1) is 14.6. The van der Waals surface area contributed by atoms with Gasteiger partial charge < -0.3 is 9.26 Å². The molecule has 1 aromatic heterocycles. The van der Waals surface area contributed by atoms with Crippen molar-refractivity contribution in [3.05, 3.63) is 46.8 Å². The highest BCUT2D eigenvalue weighted by Crippen LogP contribution is 2.17. The largest absolute Gasteiger partial charge is 0.494 e. The molecule has 0 radical (unpaired) electrons. The smallest absolute Gasteiger partial charge is 0.138 e. The summed E-state index contributed by atoms with van der Waals surface area (Å²) in [6.07, 6.45) is 0. The molecule has 0 saturated carbocycles. The lowest BCUT2D eigenvalue weighted by molar-refractivity contribution is 0.314. The van der Waals surface area contributed by atoms with Crippen LogP contribution in [0.15, 0.2) is 28.8 Å². The van der Waals surface area contributed by atoms with Crippen molar-refractivity contribution >= 4 is 0 Å². The van der Waals surface area contributed by atoms with Gasteiger partial charge in [-0.1, -0.05) is 17.3 Å². The fourth-order valence-corrected chi connectivity index (χ4v) is 2.22. The van der Waals surface area contributed by atoms with Crippen LogP contribution in [-0.4, -0.2) is 23.7 Å². The van der Waals surface area contributed by atoms with E-state index in [1.54, 1.807) is 0 Å². The van der Waals surface area contributed by atoms with Gasteiger partial charge in [0, 0.05) is 18.7 Å². The van der Waals surface area contributed by atoms with Gasteiger partial charge in [0.15, 0.2) is 0 Å². The van der Waals surface area contributed by atoms with E-state index in [0.717, 1.165) is 30.3 Å². The first-order valence-electron chi connectivity index (χ1n) is 6.92. The first-order chi connectivity index (χ1) is 9.60. The Morgan fingerprint density at radius 1 is 1.15 bits per heavy atom. The van der Waals surface area contributed by atoms with Gasteiger partial charge in [0.25, 0.3) is 0 Å². The number of aryl methyl sites for hydroxylation is 2. The molecule has 1 aromatic carbocycles. The Labute approximate surface area is 120 Å². The summed E-state index contributed by atoms with van der Waals surface area (Å²) < 4.78 is 10.6. The van der Waals surface area contributed by atoms with Gasteiger partial charge in [0.2, 0.25) is 0 Å². The lowest BCUT2D eigenvalue weighted by atomic mass is 10.1. The lowest BCUT2D eigenvalue weighted by Gasteiger charge is -2.16. The van der Waals surface area contributed by atoms with Gasteiger partial charge in [-0.3, -0.25) is 4.90 Å². The van der Waals surface area contributed by atoms with E-state index in [1.807, 2.05) is 32.9 Å². The van der Waals surface area contributed by atoms with Gasteiger partial charge >= 0.3 is 0 Å². The molecule has 0 unspecified atom stereocenters. The van der Waals surface area contributed by atoms with Gasteiger partial charge in [-0.2, -0.15) is 0 Å². The molecule has 108 valence electrons. The Morgan fingerprint density at radius 3 is 2.40 bits per heavy atom. The number of aromatic nitrogens is 1. The second-order valence-corrected chi connectivity index (χ2v) is 5.05. The first-order valence-corrected chi connectivity index (χ1v) is 6.92. The van der Waals surface area contributed by atoms with E-state index in [4.69, 9.17) is 9.26 Å². The number of hydrogen-bond donors (Lipinski definition) is 0. The van der Waals surface area contributed by atoms with Crippen molar-refractivity contribution in [1.29, 1.82) is 0 Å². The summed E-state index contributed by atoms with van der Waals surface area (Å²) in [5, 5.41) is 3.99. The van der Waals surface area contributed by atoms with Crippen molar-refractivity contribution in [1.82, 2.24) is 10.1 Å². The van der Waals surface area contributed by atoms with Crippen LogP contribution in [-0.2, 0) is 13.1 Å². The van der Waals surface area contributed by atoms with Crippen LogP contribution in [0.3, 0.4) is 0 Å². The molecule has 0 aliphatic carbocycles. The molecule has 1 heterocycles. The Balaban J connectivity index is 1.96. The molecule has 2 aromatic rings. The minimum Gasteiger partial charge on any atom is -0.494 e. The molecule has 0 bridgehead atoms. The van der Waals surface area contributed by atoms with E-state index in [2.05, 4.69) is 29.2 Å². The van der Waals surface area contributed by atoms with Crippen LogP contribution in [0, 0.1) is 13.8 Å². The van der Waals surface area contributed by atoms with Crippen LogP contribution < -0.4 is 4.74 Å². The Morgan fingerprint density at radius 2 is 1.85 bits per heavy atom. The molecule has 0 fully saturated rings. The monoisotopic (exact) mass is 274 g/mol. The van der Waals surface area contributed by atoms with Gasteiger partial charge in [0.05, 0.1) is 12.3 Å². The number of nitrogens with zero attached hydrogens (tertiary/aromatic N) is 2. The molecule has 0 saturated heterocycles. The quantitative estimate of drug-likeness (QED) is 0.810. The fraction of sp³-hybridized carbons (Fsp3) is 0.438. The zero-order valence-electron chi connectivity index (χ0n) is 12.6. The number of ether oxygens (including phenoxy) is 1. The maximum Gasteiger partial charge on any atom is 0.138 e. The molecular weight excluding hydrogens is 252 g/mol. The molecule has 0 aliphatic heterocycles. The molecule has 0 N–H and O–H groups in total. The summed E-state index contributed by atoms with van der Waals surface area (Å²) in [4.78, 5) is 2.25. The van der Waals surface area contributed by atoms with E-state index < -0.39 is 0 Å². The van der Waals surface area contributed by atoms with Crippen molar-refractivity contribution in [3.8, 4) is 5.75 Å². The molecule has 2 rings (SSSR count). The van der Waals surface area contributed by atoms with Crippen LogP contribution in [0.5, 0.6) is 5.75 Å². The van der Waals surface area contributed by atoms with Crippen LogP contribution in [0.1, 0.15) is 29.5 Å². The highest BCUT2D eigenvalue weighted by Gasteiger charge is 2.11. The third-order valence-corrected chi connectivity index (χ3v) is 3.30. The summed E-state index contributed by atoms with van der Waals surface area (Å²) in [6.45, 7) is 8.36. The van der Waals surface area contributed by atoms with E-state index in [0.29, 0.717) is 6.61 Å². The Kier molecular flexibility index (Phi) is 4.79. The second-order valence-electron chi connectivity index (χ2n) is 5.05. The van der Waals surface area contributed by atoms with Crippen molar-refractivity contribution in [2.75, 3.05) is 13.7 Å². The topological polar surface area (TPSA) is 38.5 Å². The SMILES string of the molecule is CCOc1ccc(CN(C)Cc2c(C)noc2C)cc1. The maximum atomic E-state index is 5.45. The second kappa shape index (κ2) is 6.57. The molecule has 0 aliphatic rings. The maximum absolute atomic E-state index is 5.45.